The average molecular weight is 289 g/mol. The van der Waals surface area contributed by atoms with Crippen LogP contribution in [0, 0.1) is 0 Å². The summed E-state index contributed by atoms with van der Waals surface area (Å²) >= 11 is 0. The van der Waals surface area contributed by atoms with Crippen molar-refractivity contribution in [1.82, 2.24) is 0 Å². The van der Waals surface area contributed by atoms with Crippen LogP contribution in [0.2, 0.25) is 0 Å². The maximum Gasteiger partial charge on any atom is 0.420 e. The summed E-state index contributed by atoms with van der Waals surface area (Å²) in [7, 11) is 1.60. The van der Waals surface area contributed by atoms with Gasteiger partial charge in [-0.2, -0.15) is 13.2 Å². The molecule has 7 heteroatoms. The minimum absolute atomic E-state index is 0.146. The Labute approximate surface area is 114 Å². The third kappa shape index (κ3) is 2.66. The Bertz CT molecular complexity index is 516. The molecule has 110 valence electrons. The summed E-state index contributed by atoms with van der Waals surface area (Å²) in [6.45, 7) is 1.92. The average Bonchev–Trinajstić information content (AvgIpc) is 2.37. The van der Waals surface area contributed by atoms with Crippen LogP contribution in [0.15, 0.2) is 18.2 Å². The van der Waals surface area contributed by atoms with Crippen LogP contribution in [0.25, 0.3) is 0 Å². The van der Waals surface area contributed by atoms with Crippen LogP contribution in [0.1, 0.15) is 12.5 Å². The number of nitrogens with zero attached hydrogens (tertiary/aromatic N) is 1. The SMILES string of the molecule is CCOC(=O)C1CN(C)c2cccc(C(F)(F)F)c2O1. The summed E-state index contributed by atoms with van der Waals surface area (Å²) in [4.78, 5) is 13.2. The molecule has 4 nitrogen and oxygen atoms in total. The molecule has 0 N–H and O–H groups in total. The first kappa shape index (κ1) is 14.5. The van der Waals surface area contributed by atoms with E-state index in [2.05, 4.69) is 0 Å². The summed E-state index contributed by atoms with van der Waals surface area (Å²) in [5.41, 5.74) is -0.587. The minimum Gasteiger partial charge on any atom is -0.474 e. The molecule has 0 saturated carbocycles. The Hall–Kier alpha value is -1.92. The van der Waals surface area contributed by atoms with Crippen molar-refractivity contribution in [2.75, 3.05) is 25.1 Å². The minimum atomic E-state index is -4.54. The second-order valence-electron chi connectivity index (χ2n) is 4.39. The molecule has 1 aromatic carbocycles. The number of ether oxygens (including phenoxy) is 2. The molecule has 1 aliphatic heterocycles. The largest absolute Gasteiger partial charge is 0.474 e. The number of anilines is 1. The van der Waals surface area contributed by atoms with E-state index in [1.165, 1.54) is 12.1 Å². The highest BCUT2D eigenvalue weighted by Crippen LogP contribution is 2.43. The Morgan fingerprint density at radius 3 is 2.80 bits per heavy atom. The molecule has 0 aromatic heterocycles. The Morgan fingerprint density at radius 2 is 2.20 bits per heavy atom. The van der Waals surface area contributed by atoms with Crippen LogP contribution in [-0.2, 0) is 15.7 Å². The molecule has 0 amide bonds. The molecule has 0 bridgehead atoms. The van der Waals surface area contributed by atoms with Gasteiger partial charge in [-0.15, -0.1) is 0 Å². The van der Waals surface area contributed by atoms with E-state index in [0.717, 1.165) is 6.07 Å². The number of fused-ring (bicyclic) bond motifs is 1. The number of alkyl halides is 3. The van der Waals surface area contributed by atoms with Crippen LogP contribution in [0.3, 0.4) is 0 Å². The van der Waals surface area contributed by atoms with E-state index in [1.54, 1.807) is 18.9 Å². The topological polar surface area (TPSA) is 38.8 Å². The van der Waals surface area contributed by atoms with Crippen molar-refractivity contribution in [3.8, 4) is 5.75 Å². The third-order valence-corrected chi connectivity index (χ3v) is 2.96. The van der Waals surface area contributed by atoms with Gasteiger partial charge < -0.3 is 14.4 Å². The molecule has 20 heavy (non-hydrogen) atoms. The number of likely N-dealkylation sites (N-methyl/N-ethyl adjacent to an activating group) is 1. The van der Waals surface area contributed by atoms with Gasteiger partial charge in [0.15, 0.2) is 5.75 Å². The van der Waals surface area contributed by atoms with E-state index in [9.17, 15) is 18.0 Å². The summed E-state index contributed by atoms with van der Waals surface area (Å²) in [6, 6.07) is 3.76. The summed E-state index contributed by atoms with van der Waals surface area (Å²) in [5, 5.41) is 0. The number of hydrogen-bond donors (Lipinski definition) is 0. The second kappa shape index (κ2) is 5.22. The fraction of sp³-hybridized carbons (Fsp3) is 0.462. The summed E-state index contributed by atoms with van der Waals surface area (Å²) in [6.07, 6.45) is -5.60. The smallest absolute Gasteiger partial charge is 0.420 e. The highest BCUT2D eigenvalue weighted by Gasteiger charge is 2.40. The molecule has 0 saturated heterocycles. The number of carbonyl (C=O) groups is 1. The van der Waals surface area contributed by atoms with Crippen LogP contribution >= 0.6 is 0 Å². The molecule has 1 atom stereocenters. The fourth-order valence-corrected chi connectivity index (χ4v) is 2.06. The van der Waals surface area contributed by atoms with Crippen LogP contribution in [-0.4, -0.2) is 32.3 Å². The highest BCUT2D eigenvalue weighted by atomic mass is 19.4. The lowest BCUT2D eigenvalue weighted by Crippen LogP contribution is -2.44. The van der Waals surface area contributed by atoms with Crippen molar-refractivity contribution in [2.45, 2.75) is 19.2 Å². The first-order valence-corrected chi connectivity index (χ1v) is 6.09. The number of carbonyl (C=O) groups excluding carboxylic acids is 1. The van der Waals surface area contributed by atoms with E-state index < -0.39 is 23.8 Å². The standard InChI is InChI=1S/C13H14F3NO3/c1-3-19-12(18)10-7-17(2)9-6-4-5-8(11(9)20-10)13(14,15)16/h4-6,10H,3,7H2,1-2H3. The number of para-hydroxylation sites is 1. The molecule has 0 fully saturated rings. The van der Waals surface area contributed by atoms with Gasteiger partial charge in [-0.1, -0.05) is 6.07 Å². The van der Waals surface area contributed by atoms with E-state index in [0.29, 0.717) is 5.69 Å². The van der Waals surface area contributed by atoms with Crippen LogP contribution in [0.5, 0.6) is 5.75 Å². The van der Waals surface area contributed by atoms with E-state index in [1.807, 2.05) is 0 Å². The van der Waals surface area contributed by atoms with Gasteiger partial charge in [0.05, 0.1) is 24.4 Å². The monoisotopic (exact) mass is 289 g/mol. The molecule has 1 heterocycles. The predicted molar refractivity (Wildman–Crippen MR) is 65.8 cm³/mol. The number of halogens is 3. The van der Waals surface area contributed by atoms with Crippen molar-refractivity contribution < 1.29 is 27.4 Å². The lowest BCUT2D eigenvalue weighted by atomic mass is 10.1. The van der Waals surface area contributed by atoms with Crippen molar-refractivity contribution in [3.63, 3.8) is 0 Å². The predicted octanol–water partition coefficient (Wildman–Crippen LogP) is 2.47. The summed E-state index contributed by atoms with van der Waals surface area (Å²) < 4.78 is 48.9. The molecular formula is C13H14F3NO3. The lowest BCUT2D eigenvalue weighted by molar-refractivity contribution is -0.153. The maximum atomic E-state index is 13.0. The molecule has 1 aromatic rings. The molecular weight excluding hydrogens is 275 g/mol. The van der Waals surface area contributed by atoms with Gasteiger partial charge in [-0.3, -0.25) is 0 Å². The van der Waals surface area contributed by atoms with Gasteiger partial charge in [0, 0.05) is 7.05 Å². The number of benzene rings is 1. The zero-order valence-electron chi connectivity index (χ0n) is 11.0. The van der Waals surface area contributed by atoms with Crippen molar-refractivity contribution >= 4 is 11.7 Å². The van der Waals surface area contributed by atoms with Gasteiger partial charge in [-0.05, 0) is 19.1 Å². The molecule has 0 aliphatic carbocycles. The number of esters is 1. The zero-order valence-corrected chi connectivity index (χ0v) is 11.0. The van der Waals surface area contributed by atoms with Crippen LogP contribution < -0.4 is 9.64 Å². The third-order valence-electron chi connectivity index (χ3n) is 2.96. The normalized spacial score (nSPS) is 18.2. The van der Waals surface area contributed by atoms with Gasteiger partial charge >= 0.3 is 12.1 Å². The van der Waals surface area contributed by atoms with E-state index in [4.69, 9.17) is 9.47 Å². The van der Waals surface area contributed by atoms with Crippen molar-refractivity contribution in [3.05, 3.63) is 23.8 Å². The quantitative estimate of drug-likeness (QED) is 0.784. The molecule has 0 spiro atoms. The van der Waals surface area contributed by atoms with Gasteiger partial charge in [0.25, 0.3) is 0 Å². The summed E-state index contributed by atoms with van der Waals surface area (Å²) in [5.74, 6) is -0.992. The Kier molecular flexibility index (Phi) is 3.78. The van der Waals surface area contributed by atoms with Crippen molar-refractivity contribution in [1.29, 1.82) is 0 Å². The first-order chi connectivity index (χ1) is 9.34. The molecule has 1 unspecified atom stereocenters. The molecule has 2 rings (SSSR count). The zero-order chi connectivity index (χ0) is 14.9. The Balaban J connectivity index is 2.39. The number of hydrogen-bond acceptors (Lipinski definition) is 4. The van der Waals surface area contributed by atoms with Crippen molar-refractivity contribution in [2.24, 2.45) is 0 Å². The van der Waals surface area contributed by atoms with Gasteiger partial charge in [0.2, 0.25) is 6.10 Å². The Morgan fingerprint density at radius 1 is 1.50 bits per heavy atom. The van der Waals surface area contributed by atoms with Gasteiger partial charge in [-0.25, -0.2) is 4.79 Å². The molecule has 0 radical (unpaired) electrons. The molecule has 1 aliphatic rings. The second-order valence-corrected chi connectivity index (χ2v) is 4.39. The number of rotatable bonds is 2. The van der Waals surface area contributed by atoms with E-state index in [-0.39, 0.29) is 18.9 Å². The first-order valence-electron chi connectivity index (χ1n) is 6.09. The van der Waals surface area contributed by atoms with E-state index >= 15 is 0 Å². The van der Waals surface area contributed by atoms with Crippen LogP contribution in [0.4, 0.5) is 18.9 Å². The fourth-order valence-electron chi connectivity index (χ4n) is 2.06. The van der Waals surface area contributed by atoms with Gasteiger partial charge in [0.1, 0.15) is 0 Å². The highest BCUT2D eigenvalue weighted by molar-refractivity contribution is 5.78. The maximum absolute atomic E-state index is 13.0. The lowest BCUT2D eigenvalue weighted by Gasteiger charge is -2.33.